The molecule has 5 nitrogen and oxygen atoms in total. The van der Waals surface area contributed by atoms with Gasteiger partial charge in [0.05, 0.1) is 20.6 Å². The van der Waals surface area contributed by atoms with Crippen LogP contribution < -0.4 is 9.84 Å². The van der Waals surface area contributed by atoms with Crippen molar-refractivity contribution in [2.24, 2.45) is 0 Å². The number of carbonyl (C=O) groups excluding carboxylic acids is 2. The maximum absolute atomic E-state index is 11.8. The molecule has 0 aliphatic carbocycles. The van der Waals surface area contributed by atoms with Crippen LogP contribution in [0.5, 0.6) is 5.75 Å². The summed E-state index contributed by atoms with van der Waals surface area (Å²) >= 11 is 6.56. The quantitative estimate of drug-likeness (QED) is 0.329. The van der Waals surface area contributed by atoms with E-state index in [1.165, 1.54) is 0 Å². The standard InChI is InChI=1S/C16H17Br2NO4/c17-12-8-11(10-19)9-13(18)16(12)23-15(22)7-5-3-1-2-4-6-14(20)21/h8-9H,1-7H2,(H,20,21)/p-1. The van der Waals surface area contributed by atoms with Crippen molar-refractivity contribution in [2.75, 3.05) is 0 Å². The zero-order chi connectivity index (χ0) is 17.2. The van der Waals surface area contributed by atoms with Gasteiger partial charge in [-0.1, -0.05) is 19.3 Å². The van der Waals surface area contributed by atoms with Crippen LogP contribution in [0, 0.1) is 11.3 Å². The van der Waals surface area contributed by atoms with E-state index in [1.54, 1.807) is 12.1 Å². The molecule has 0 bridgehead atoms. The first kappa shape index (κ1) is 19.7. The van der Waals surface area contributed by atoms with Crippen LogP contribution in [0.1, 0.15) is 50.5 Å². The Bertz CT molecular complexity index is 588. The Morgan fingerprint density at radius 1 is 1.04 bits per heavy atom. The van der Waals surface area contributed by atoms with E-state index in [1.807, 2.05) is 6.07 Å². The third kappa shape index (κ3) is 7.62. The van der Waals surface area contributed by atoms with Gasteiger partial charge in [0.15, 0.2) is 5.75 Å². The number of benzene rings is 1. The third-order valence-corrected chi connectivity index (χ3v) is 4.28. The van der Waals surface area contributed by atoms with E-state index in [2.05, 4.69) is 31.9 Å². The number of carboxylic acids is 1. The number of carboxylic acid groups (broad SMARTS) is 1. The lowest BCUT2D eigenvalue weighted by Gasteiger charge is -2.09. The highest BCUT2D eigenvalue weighted by Gasteiger charge is 2.13. The number of carbonyl (C=O) groups is 2. The molecule has 1 aromatic carbocycles. The third-order valence-electron chi connectivity index (χ3n) is 3.11. The fourth-order valence-electron chi connectivity index (χ4n) is 1.96. The van der Waals surface area contributed by atoms with Crippen molar-refractivity contribution in [2.45, 2.75) is 44.9 Å². The highest BCUT2D eigenvalue weighted by molar-refractivity contribution is 9.11. The lowest BCUT2D eigenvalue weighted by Crippen LogP contribution is -2.21. The summed E-state index contributed by atoms with van der Waals surface area (Å²) in [6.45, 7) is 0. The van der Waals surface area contributed by atoms with E-state index in [9.17, 15) is 14.7 Å². The van der Waals surface area contributed by atoms with Crippen LogP contribution in [0.3, 0.4) is 0 Å². The van der Waals surface area contributed by atoms with Crippen molar-refractivity contribution < 1.29 is 19.4 Å². The predicted octanol–water partition coefficient (Wildman–Crippen LogP) is 3.47. The lowest BCUT2D eigenvalue weighted by atomic mass is 10.1. The predicted molar refractivity (Wildman–Crippen MR) is 89.5 cm³/mol. The minimum absolute atomic E-state index is 0.0861. The van der Waals surface area contributed by atoms with E-state index < -0.39 is 5.97 Å². The summed E-state index contributed by atoms with van der Waals surface area (Å²) in [7, 11) is 0. The van der Waals surface area contributed by atoms with E-state index in [0.29, 0.717) is 39.5 Å². The Labute approximate surface area is 151 Å². The van der Waals surface area contributed by atoms with E-state index >= 15 is 0 Å². The van der Waals surface area contributed by atoms with Crippen molar-refractivity contribution in [1.82, 2.24) is 0 Å². The van der Waals surface area contributed by atoms with Gasteiger partial charge in [-0.05, 0) is 63.3 Å². The van der Waals surface area contributed by atoms with Gasteiger partial charge in [-0.3, -0.25) is 4.79 Å². The van der Waals surface area contributed by atoms with Crippen LogP contribution in [0.15, 0.2) is 21.1 Å². The van der Waals surface area contributed by atoms with Crippen molar-refractivity contribution >= 4 is 43.8 Å². The topological polar surface area (TPSA) is 90.2 Å². The molecule has 0 spiro atoms. The van der Waals surface area contributed by atoms with Crippen LogP contribution in [0.2, 0.25) is 0 Å². The molecule has 0 radical (unpaired) electrons. The van der Waals surface area contributed by atoms with Gasteiger partial charge in [-0.25, -0.2) is 0 Å². The molecular formula is C16H16Br2NO4-. The average Bonchev–Trinajstić information content (AvgIpc) is 2.49. The van der Waals surface area contributed by atoms with Crippen LogP contribution in [-0.4, -0.2) is 11.9 Å². The van der Waals surface area contributed by atoms with Crippen molar-refractivity contribution in [1.29, 1.82) is 5.26 Å². The van der Waals surface area contributed by atoms with Gasteiger partial charge in [0.2, 0.25) is 0 Å². The second-order valence-electron chi connectivity index (χ2n) is 4.99. The number of halogens is 2. The van der Waals surface area contributed by atoms with Crippen molar-refractivity contribution in [3.63, 3.8) is 0 Å². The van der Waals surface area contributed by atoms with Gasteiger partial charge in [0, 0.05) is 12.4 Å². The van der Waals surface area contributed by atoms with Crippen LogP contribution >= 0.6 is 31.9 Å². The molecule has 0 saturated carbocycles. The van der Waals surface area contributed by atoms with Crippen LogP contribution in [0.4, 0.5) is 0 Å². The fraction of sp³-hybridized carbons (Fsp3) is 0.438. The maximum atomic E-state index is 11.8. The maximum Gasteiger partial charge on any atom is 0.311 e. The normalized spacial score (nSPS) is 10.1. The average molecular weight is 446 g/mol. The Hall–Kier alpha value is -1.39. The first-order valence-corrected chi connectivity index (χ1v) is 8.82. The van der Waals surface area contributed by atoms with E-state index in [-0.39, 0.29) is 12.4 Å². The molecule has 124 valence electrons. The summed E-state index contributed by atoms with van der Waals surface area (Å²) in [4.78, 5) is 22.1. The second kappa shape index (κ2) is 10.4. The highest BCUT2D eigenvalue weighted by Crippen LogP contribution is 2.35. The van der Waals surface area contributed by atoms with Crippen LogP contribution in [-0.2, 0) is 9.59 Å². The Kier molecular flexibility index (Phi) is 8.89. The zero-order valence-electron chi connectivity index (χ0n) is 12.4. The van der Waals surface area contributed by atoms with Gasteiger partial charge in [-0.15, -0.1) is 0 Å². The number of esters is 1. The molecular weight excluding hydrogens is 430 g/mol. The van der Waals surface area contributed by atoms with Crippen molar-refractivity contribution in [3.05, 3.63) is 26.6 Å². The number of hydrogen-bond acceptors (Lipinski definition) is 5. The second-order valence-corrected chi connectivity index (χ2v) is 6.70. The molecule has 0 aromatic heterocycles. The van der Waals surface area contributed by atoms with E-state index in [0.717, 1.165) is 19.3 Å². The highest BCUT2D eigenvalue weighted by atomic mass is 79.9. The molecule has 0 heterocycles. The molecule has 0 N–H and O–H groups in total. The Morgan fingerprint density at radius 3 is 2.09 bits per heavy atom. The zero-order valence-corrected chi connectivity index (χ0v) is 15.6. The van der Waals surface area contributed by atoms with Gasteiger partial charge in [-0.2, -0.15) is 5.26 Å². The molecule has 7 heteroatoms. The number of unbranched alkanes of at least 4 members (excludes halogenated alkanes) is 4. The summed E-state index contributed by atoms with van der Waals surface area (Å²) in [5.41, 5.74) is 0.458. The smallest absolute Gasteiger partial charge is 0.311 e. The van der Waals surface area contributed by atoms with Gasteiger partial charge < -0.3 is 14.6 Å². The number of nitrogens with zero attached hydrogens (tertiary/aromatic N) is 1. The largest absolute Gasteiger partial charge is 0.550 e. The molecule has 0 atom stereocenters. The van der Waals surface area contributed by atoms with Gasteiger partial charge in [0.1, 0.15) is 0 Å². The van der Waals surface area contributed by atoms with Gasteiger partial charge in [0.25, 0.3) is 0 Å². The molecule has 0 aliphatic rings. The molecule has 0 fully saturated rings. The first-order chi connectivity index (χ1) is 10.9. The molecule has 0 unspecified atom stereocenters. The summed E-state index contributed by atoms with van der Waals surface area (Å²) < 4.78 is 6.39. The Balaban J connectivity index is 2.32. The fourth-order valence-corrected chi connectivity index (χ4v) is 3.30. The lowest BCUT2D eigenvalue weighted by molar-refractivity contribution is -0.305. The first-order valence-electron chi connectivity index (χ1n) is 7.23. The molecule has 0 saturated heterocycles. The monoisotopic (exact) mass is 444 g/mol. The summed E-state index contributed by atoms with van der Waals surface area (Å²) in [5, 5.41) is 19.1. The van der Waals surface area contributed by atoms with Gasteiger partial charge >= 0.3 is 5.97 Å². The number of rotatable bonds is 9. The Morgan fingerprint density at radius 2 is 1.57 bits per heavy atom. The summed E-state index contributed by atoms with van der Waals surface area (Å²) in [5.74, 6) is -0.999. The molecule has 0 amide bonds. The number of ether oxygens (including phenoxy) is 1. The molecule has 1 rings (SSSR count). The number of nitriles is 1. The number of aliphatic carboxylic acids is 1. The number of hydrogen-bond donors (Lipinski definition) is 0. The molecule has 23 heavy (non-hydrogen) atoms. The molecule has 1 aromatic rings. The van der Waals surface area contributed by atoms with Crippen LogP contribution in [0.25, 0.3) is 0 Å². The van der Waals surface area contributed by atoms with E-state index in [4.69, 9.17) is 10.00 Å². The minimum atomic E-state index is -1.02. The SMILES string of the molecule is N#Cc1cc(Br)c(OC(=O)CCCCCCCC(=O)[O-])c(Br)c1. The van der Waals surface area contributed by atoms with Crippen molar-refractivity contribution in [3.8, 4) is 11.8 Å². The summed E-state index contributed by atoms with van der Waals surface area (Å²) in [6, 6.07) is 5.19. The molecule has 0 aliphatic heterocycles. The minimum Gasteiger partial charge on any atom is -0.550 e. The summed E-state index contributed by atoms with van der Waals surface area (Å²) in [6.07, 6.45) is 4.22.